The summed E-state index contributed by atoms with van der Waals surface area (Å²) in [7, 11) is -1.00. The molecule has 2 aliphatic rings. The van der Waals surface area contributed by atoms with Gasteiger partial charge in [0.25, 0.3) is 6.47 Å². The number of carboxylic acids is 1. The third-order valence-electron chi connectivity index (χ3n) is 10.9. The number of alkyl carbamates (subject to hydrolysis) is 2. The number of aliphatic carboxylic acids is 1. The van der Waals surface area contributed by atoms with Gasteiger partial charge >= 0.3 is 174 Å². The van der Waals surface area contributed by atoms with E-state index in [2.05, 4.69) is 25.5 Å². The number of hydrogen-bond donors (Lipinski definition) is 3. The Kier molecular flexibility index (Phi) is 40.9. The standard InChI is InChI=1S/C26H33N3O6.C13H22ClNO4.C13H12N2O2.CH3F.CH2O3.ClH.2Cs.H/c1-25(2,3)35-24(32)28-26(13-5-4-6-14-26)23(31)34-19-33-22(30)12-11-20-7-9-21(10-8-20)17-29-16-15-27-18-29;1-12(2,3)19-11(17)15-13(10(16)18-9-14)7-5-4-6-8-13;16-13(17)6-5-11-1-3-12(4-2-11)9-15-8-7-14-10-15;1-2;2-1-4-3;;;;/h7-12,15-16,18H,4-6,13-14,17,19H2,1-3H3,(H,28,32);4-9H2,1-3H3,(H,15,17);1-8,10H,9H2,(H,16,17);1H3;1,3H;1H;;;/q;;;;;;2*+1;-1/p-1/b12-11+;;6-5+;;;;;;/i;;;1D;;;;;. The molecule has 2 amide bonds. The van der Waals surface area contributed by atoms with Crippen molar-refractivity contribution in [2.24, 2.45) is 0 Å². The first-order chi connectivity index (χ1) is 37.0. The topological polar surface area (TPSA) is 278 Å². The summed E-state index contributed by atoms with van der Waals surface area (Å²) in [6.07, 6.45) is 22.4. The van der Waals surface area contributed by atoms with Crippen LogP contribution in [0.4, 0.5) is 14.0 Å². The third kappa shape index (κ3) is 33.2. The molecule has 2 fully saturated rings. The number of benzene rings is 2. The van der Waals surface area contributed by atoms with Crippen molar-refractivity contribution < 1.29 is 217 Å². The van der Waals surface area contributed by atoms with E-state index in [0.717, 1.165) is 73.4 Å². The predicted molar refractivity (Wildman–Crippen MR) is 288 cm³/mol. The molecule has 6 rings (SSSR count). The van der Waals surface area contributed by atoms with Crippen molar-refractivity contribution in [1.82, 2.24) is 29.7 Å². The summed E-state index contributed by atoms with van der Waals surface area (Å²) in [6, 6.07) is 15.2. The van der Waals surface area contributed by atoms with Crippen LogP contribution in [0.5, 0.6) is 0 Å². The molecule has 0 spiro atoms. The summed E-state index contributed by atoms with van der Waals surface area (Å²) < 4.78 is 45.1. The van der Waals surface area contributed by atoms with Crippen LogP contribution in [0.1, 0.15) is 131 Å². The molecule has 0 radical (unpaired) electrons. The molecule has 4 aromatic rings. The fourth-order valence-electron chi connectivity index (χ4n) is 7.57. The van der Waals surface area contributed by atoms with E-state index >= 15 is 0 Å². The van der Waals surface area contributed by atoms with Gasteiger partial charge in [0.2, 0.25) is 6.79 Å². The fraction of sp³-hybridized carbons (Fsp3) is 0.463. The molecule has 2 aliphatic carbocycles. The van der Waals surface area contributed by atoms with Crippen molar-refractivity contribution in [3.8, 4) is 0 Å². The maximum atomic E-state index is 12.8. The van der Waals surface area contributed by atoms with Crippen LogP contribution in [0.2, 0.25) is 0 Å². The molecule has 80 heavy (non-hydrogen) atoms. The Morgan fingerprint density at radius 2 is 1.09 bits per heavy atom. The summed E-state index contributed by atoms with van der Waals surface area (Å²) >= 11 is 5.43. The van der Waals surface area contributed by atoms with Crippen LogP contribution < -0.4 is 154 Å². The summed E-state index contributed by atoms with van der Waals surface area (Å²) in [5.41, 5.74) is 0.499. The first kappa shape index (κ1) is 76.8. The smallest absolute Gasteiger partial charge is 1.00 e. The number of rotatable bonds is 16. The Balaban J connectivity index is -0.00000113. The third-order valence-corrected chi connectivity index (χ3v) is 11.0. The molecule has 2 aromatic heterocycles. The zero-order valence-corrected chi connectivity index (χ0v) is 60.8. The Morgan fingerprint density at radius 1 is 0.713 bits per heavy atom. The van der Waals surface area contributed by atoms with Gasteiger partial charge in [0, 0.05) is 50.0 Å². The number of nitrogens with one attached hydrogen (secondary N) is 2. The molecular weight excluding hydrogens is 1330 g/mol. The van der Waals surface area contributed by atoms with Gasteiger partial charge in [-0.3, -0.25) is 9.18 Å². The van der Waals surface area contributed by atoms with Gasteiger partial charge in [-0.2, -0.15) is 0 Å². The second-order valence-corrected chi connectivity index (χ2v) is 19.5. The molecule has 2 heterocycles. The number of hydrogen-bond acceptors (Lipinski definition) is 16. The van der Waals surface area contributed by atoms with Crippen LogP contribution in [0.25, 0.3) is 12.2 Å². The van der Waals surface area contributed by atoms with E-state index in [-0.39, 0.29) is 164 Å². The van der Waals surface area contributed by atoms with Crippen molar-refractivity contribution >= 4 is 78.7 Å². The molecule has 0 saturated heterocycles. The molecule has 0 bridgehead atoms. The van der Waals surface area contributed by atoms with E-state index in [9.17, 15) is 33.2 Å². The van der Waals surface area contributed by atoms with E-state index in [0.29, 0.717) is 32.2 Å². The van der Waals surface area contributed by atoms with Crippen LogP contribution in [-0.4, -0.2) is 109 Å². The predicted octanol–water partition coefficient (Wildman–Crippen LogP) is 2.76. The SMILES string of the molecule is CC(C)(C)OC(=O)NC1(C(=O)OCCl)CCCCC1.CC(C)(C)OC(=O)NC1(C(=O)OCOC(=O)/C=C/c2ccc(Cn3ccnc3)cc2)CCCCC1.Cl.O=C(O)/C=C/c1ccc(Cn2ccnc2)cc1.O=CO[O-].[2H]CF.[Cs+].[Cs+].[H-]. The maximum Gasteiger partial charge on any atom is 1.00 e. The number of carboxylic acid groups (broad SMARTS) is 1. The molecule has 2 aromatic carbocycles. The molecule has 0 aliphatic heterocycles. The van der Waals surface area contributed by atoms with E-state index in [1.165, 1.54) is 6.08 Å². The Hall–Kier alpha value is -3.20. The van der Waals surface area contributed by atoms with E-state index in [1.54, 1.807) is 78.7 Å². The van der Waals surface area contributed by atoms with Crippen molar-refractivity contribution in [3.05, 3.63) is 120 Å². The van der Waals surface area contributed by atoms with E-state index in [4.69, 9.17) is 51.8 Å². The summed E-state index contributed by atoms with van der Waals surface area (Å²) in [4.78, 5) is 90.7. The Morgan fingerprint density at radius 3 is 1.41 bits per heavy atom. The number of carbonyl (C=O) groups is 7. The van der Waals surface area contributed by atoms with Crippen LogP contribution in [0.15, 0.2) is 98.1 Å². The summed E-state index contributed by atoms with van der Waals surface area (Å²) in [5.74, 6) is -2.69. The van der Waals surface area contributed by atoms with E-state index in [1.807, 2.05) is 70.1 Å². The number of amides is 2. The normalized spacial score (nSPS) is 13.9. The number of halogens is 3. The van der Waals surface area contributed by atoms with Gasteiger partial charge in [-0.15, -0.1) is 12.4 Å². The largest absolute Gasteiger partial charge is 1.00 e. The monoisotopic (exact) mass is 1400 g/mol. The van der Waals surface area contributed by atoms with Gasteiger partial charge in [-0.25, -0.2) is 38.7 Å². The quantitative estimate of drug-likeness (QED) is 0.0213. The molecular formula is C54H73Cl2Cs2FN6O15. The van der Waals surface area contributed by atoms with Crippen molar-refractivity contribution in [1.29, 1.82) is 0 Å². The van der Waals surface area contributed by atoms with Crippen LogP contribution in [-0.2, 0) is 65.6 Å². The number of carbonyl (C=O) groups excluding carboxylic acids is 6. The number of alkyl halides is 2. The molecule has 3 N–H and O–H groups in total. The molecule has 2 saturated carbocycles. The average molecular weight is 1400 g/mol. The molecule has 26 heteroatoms. The number of esters is 3. The van der Waals surface area contributed by atoms with Crippen molar-refractivity contribution in [2.75, 3.05) is 20.0 Å². The zero-order valence-electron chi connectivity index (χ0n) is 48.7. The number of ether oxygens (including phenoxy) is 5. The summed E-state index contributed by atoms with van der Waals surface area (Å²) in [6.45, 7) is 11.3. The minimum Gasteiger partial charge on any atom is -1.00 e. The van der Waals surface area contributed by atoms with Gasteiger partial charge in [0.1, 0.15) is 22.3 Å². The Labute approximate surface area is 598 Å². The van der Waals surface area contributed by atoms with Gasteiger partial charge in [0.05, 0.1) is 21.2 Å². The minimum atomic E-state index is -1.18. The molecule has 21 nitrogen and oxygen atoms in total. The van der Waals surface area contributed by atoms with Gasteiger partial charge in [-0.05, 0) is 102 Å². The Bertz CT molecular complexity index is 2490. The number of nitrogens with zero attached hydrogens (tertiary/aromatic N) is 4. The van der Waals surface area contributed by atoms with E-state index < -0.39 is 72.3 Å². The van der Waals surface area contributed by atoms with Crippen LogP contribution >= 0.6 is 24.0 Å². The first-order valence-electron chi connectivity index (χ1n) is 25.1. The van der Waals surface area contributed by atoms with Gasteiger partial charge < -0.3 is 60.1 Å². The second kappa shape index (κ2) is 42.6. The van der Waals surface area contributed by atoms with Crippen LogP contribution in [0.3, 0.4) is 0 Å². The minimum absolute atomic E-state index is 0. The molecule has 0 atom stereocenters. The van der Waals surface area contributed by atoms with Gasteiger partial charge in [-0.1, -0.05) is 98.7 Å². The first-order valence-corrected chi connectivity index (χ1v) is 24.9. The van der Waals surface area contributed by atoms with Gasteiger partial charge in [0.15, 0.2) is 6.07 Å². The zero-order chi connectivity index (χ0) is 58.0. The van der Waals surface area contributed by atoms with Crippen molar-refractivity contribution in [3.63, 3.8) is 0 Å². The second-order valence-electron chi connectivity index (χ2n) is 19.2. The number of aromatic nitrogens is 4. The molecule has 0 unspecified atom stereocenters. The van der Waals surface area contributed by atoms with Crippen molar-refractivity contribution in [2.45, 2.75) is 141 Å². The number of imidazole rings is 2. The maximum absolute atomic E-state index is 12.8. The molecule has 432 valence electrons. The summed E-state index contributed by atoms with van der Waals surface area (Å²) in [5, 5.41) is 22.3. The van der Waals surface area contributed by atoms with Crippen LogP contribution in [0, 0.1) is 0 Å². The average Bonchev–Trinajstić information content (AvgIpc) is 4.14. The fourth-order valence-corrected chi connectivity index (χ4v) is 7.67.